The molecule has 0 bridgehead atoms. The van der Waals surface area contributed by atoms with Crippen LogP contribution >= 0.6 is 0 Å². The number of aliphatic hydroxyl groups excluding tert-OH is 2. The Morgan fingerprint density at radius 2 is 2.10 bits per heavy atom. The van der Waals surface area contributed by atoms with Crippen molar-refractivity contribution in [3.63, 3.8) is 0 Å². The lowest BCUT2D eigenvalue weighted by molar-refractivity contribution is -0.0339. The number of imidazole rings is 1. The number of anilines is 1. The number of nitriles is 1. The van der Waals surface area contributed by atoms with Crippen molar-refractivity contribution in [1.82, 2.24) is 30.2 Å². The van der Waals surface area contributed by atoms with E-state index in [4.69, 9.17) is 10.00 Å². The number of aromatic nitrogens is 4. The first kappa shape index (κ1) is 20.2. The number of carbonyl (C=O) groups is 2. The standard InChI is InChI=1S/C15H18N8O6/c1-28-15(27)18-4-7-9(24)10(25)13(29-7)23-6-21-8-11(19-5-20-12(8)23)22-14(26)17-3-2-16/h5-7,9-10,13,24-25H,3-4H2,1H3,(H,18,27)(H2,17,19,20,22,26)/t7-,9-,10-,13-/m1/s1. The number of fused-ring (bicyclic) bond motifs is 1. The highest BCUT2D eigenvalue weighted by Gasteiger charge is 2.44. The summed E-state index contributed by atoms with van der Waals surface area (Å²) in [6.45, 7) is -0.273. The van der Waals surface area contributed by atoms with Gasteiger partial charge in [0.15, 0.2) is 23.2 Å². The Bertz CT molecular complexity index is 943. The van der Waals surface area contributed by atoms with Crippen molar-refractivity contribution in [3.05, 3.63) is 12.7 Å². The molecule has 0 aromatic carbocycles. The normalized spacial score (nSPS) is 23.4. The minimum absolute atomic E-state index is 0.0844. The fourth-order valence-electron chi connectivity index (χ4n) is 2.78. The zero-order valence-corrected chi connectivity index (χ0v) is 15.1. The molecule has 1 fully saturated rings. The molecular formula is C15H18N8O6. The van der Waals surface area contributed by atoms with Crippen molar-refractivity contribution in [2.24, 2.45) is 0 Å². The second-order valence-electron chi connectivity index (χ2n) is 5.93. The number of alkyl carbamates (subject to hydrolysis) is 1. The summed E-state index contributed by atoms with van der Waals surface area (Å²) in [5, 5.41) is 36.2. The fourth-order valence-corrected chi connectivity index (χ4v) is 2.78. The van der Waals surface area contributed by atoms with Crippen LogP contribution in [0.5, 0.6) is 0 Å². The number of nitrogens with zero attached hydrogens (tertiary/aromatic N) is 5. The average molecular weight is 406 g/mol. The first-order valence-electron chi connectivity index (χ1n) is 8.39. The number of aliphatic hydroxyl groups is 2. The molecule has 4 atom stereocenters. The van der Waals surface area contributed by atoms with Crippen molar-refractivity contribution < 1.29 is 29.3 Å². The van der Waals surface area contributed by atoms with E-state index in [-0.39, 0.29) is 30.1 Å². The molecular weight excluding hydrogens is 388 g/mol. The number of hydrogen-bond acceptors (Lipinski definition) is 10. The van der Waals surface area contributed by atoms with E-state index in [2.05, 4.69) is 35.6 Å². The first-order valence-corrected chi connectivity index (χ1v) is 8.39. The molecule has 3 rings (SSSR count). The summed E-state index contributed by atoms with van der Waals surface area (Å²) in [4.78, 5) is 35.1. The Morgan fingerprint density at radius 3 is 2.83 bits per heavy atom. The molecule has 0 unspecified atom stereocenters. The number of methoxy groups -OCH3 is 1. The highest BCUT2D eigenvalue weighted by Crippen LogP contribution is 2.32. The second-order valence-corrected chi connectivity index (χ2v) is 5.93. The molecule has 3 amide bonds. The van der Waals surface area contributed by atoms with Crippen molar-refractivity contribution >= 4 is 29.1 Å². The van der Waals surface area contributed by atoms with Crippen LogP contribution in [0.25, 0.3) is 11.2 Å². The molecule has 14 nitrogen and oxygen atoms in total. The van der Waals surface area contributed by atoms with E-state index < -0.39 is 36.7 Å². The minimum atomic E-state index is -1.33. The summed E-state index contributed by atoms with van der Waals surface area (Å²) >= 11 is 0. The molecule has 2 aromatic rings. The van der Waals surface area contributed by atoms with Crippen LogP contribution in [-0.4, -0.2) is 80.4 Å². The minimum Gasteiger partial charge on any atom is -0.453 e. The smallest absolute Gasteiger partial charge is 0.406 e. The predicted molar refractivity (Wildman–Crippen MR) is 94.3 cm³/mol. The van der Waals surface area contributed by atoms with Gasteiger partial charge in [-0.3, -0.25) is 9.88 Å². The monoisotopic (exact) mass is 406 g/mol. The van der Waals surface area contributed by atoms with Crippen molar-refractivity contribution in [2.75, 3.05) is 25.5 Å². The molecule has 0 spiro atoms. The summed E-state index contributed by atoms with van der Waals surface area (Å²) in [5.41, 5.74) is 0.439. The maximum atomic E-state index is 11.8. The zero-order chi connectivity index (χ0) is 21.0. The van der Waals surface area contributed by atoms with Crippen molar-refractivity contribution in [1.29, 1.82) is 5.26 Å². The van der Waals surface area contributed by atoms with E-state index in [1.807, 2.05) is 0 Å². The summed E-state index contributed by atoms with van der Waals surface area (Å²) in [7, 11) is 1.20. The Labute approximate surface area is 163 Å². The van der Waals surface area contributed by atoms with Gasteiger partial charge in [-0.1, -0.05) is 0 Å². The Hall–Kier alpha value is -3.54. The third-order valence-corrected chi connectivity index (χ3v) is 4.16. The van der Waals surface area contributed by atoms with Crippen LogP contribution in [0.4, 0.5) is 15.4 Å². The molecule has 14 heteroatoms. The van der Waals surface area contributed by atoms with Crippen LogP contribution in [0, 0.1) is 11.3 Å². The van der Waals surface area contributed by atoms with Crippen LogP contribution in [0.3, 0.4) is 0 Å². The van der Waals surface area contributed by atoms with Gasteiger partial charge in [-0.05, 0) is 0 Å². The first-order chi connectivity index (χ1) is 14.0. The zero-order valence-electron chi connectivity index (χ0n) is 15.1. The molecule has 1 aliphatic rings. The third kappa shape index (κ3) is 4.16. The van der Waals surface area contributed by atoms with Gasteiger partial charge in [-0.2, -0.15) is 5.26 Å². The number of amides is 3. The summed E-state index contributed by atoms with van der Waals surface area (Å²) < 4.78 is 11.5. The van der Waals surface area contributed by atoms with Crippen LogP contribution in [0.15, 0.2) is 12.7 Å². The molecule has 29 heavy (non-hydrogen) atoms. The maximum Gasteiger partial charge on any atom is 0.406 e. The topological polar surface area (TPSA) is 197 Å². The highest BCUT2D eigenvalue weighted by molar-refractivity contribution is 5.95. The molecule has 1 saturated heterocycles. The predicted octanol–water partition coefficient (Wildman–Crippen LogP) is -1.55. The van der Waals surface area contributed by atoms with Crippen LogP contribution in [-0.2, 0) is 9.47 Å². The summed E-state index contributed by atoms with van der Waals surface area (Å²) in [6, 6.07) is 1.12. The molecule has 154 valence electrons. The van der Waals surface area contributed by atoms with Gasteiger partial charge < -0.3 is 30.3 Å². The Kier molecular flexibility index (Phi) is 6.02. The maximum absolute atomic E-state index is 11.8. The number of rotatable bonds is 5. The SMILES string of the molecule is COC(=O)NC[C@H]1O[C@@H](n2cnc3c(NC(=O)NCC#N)ncnc32)[C@H](O)[C@@H]1O. The molecule has 0 saturated carbocycles. The van der Waals surface area contributed by atoms with E-state index in [0.717, 1.165) is 0 Å². The van der Waals surface area contributed by atoms with E-state index in [1.54, 1.807) is 6.07 Å². The summed E-state index contributed by atoms with van der Waals surface area (Å²) in [6.07, 6.45) is -2.78. The quantitative estimate of drug-likeness (QED) is 0.362. The number of carbonyl (C=O) groups excluding carboxylic acids is 2. The number of nitrogens with one attached hydrogen (secondary N) is 3. The number of urea groups is 1. The average Bonchev–Trinajstić information content (AvgIpc) is 3.27. The highest BCUT2D eigenvalue weighted by atomic mass is 16.6. The lowest BCUT2D eigenvalue weighted by Crippen LogP contribution is -2.39. The van der Waals surface area contributed by atoms with Gasteiger partial charge in [-0.25, -0.2) is 24.5 Å². The van der Waals surface area contributed by atoms with E-state index >= 15 is 0 Å². The van der Waals surface area contributed by atoms with Crippen LogP contribution in [0.2, 0.25) is 0 Å². The molecule has 3 heterocycles. The van der Waals surface area contributed by atoms with Crippen molar-refractivity contribution in [2.45, 2.75) is 24.5 Å². The van der Waals surface area contributed by atoms with Gasteiger partial charge in [0.2, 0.25) is 0 Å². The lowest BCUT2D eigenvalue weighted by atomic mass is 10.1. The molecule has 0 radical (unpaired) electrons. The number of ether oxygens (including phenoxy) is 2. The molecule has 2 aromatic heterocycles. The van der Waals surface area contributed by atoms with Gasteiger partial charge in [0, 0.05) is 6.54 Å². The van der Waals surface area contributed by atoms with E-state index in [1.165, 1.54) is 24.3 Å². The Balaban J connectivity index is 1.80. The van der Waals surface area contributed by atoms with Crippen LogP contribution < -0.4 is 16.0 Å². The summed E-state index contributed by atoms with van der Waals surface area (Å²) in [5.74, 6) is 0.0844. The largest absolute Gasteiger partial charge is 0.453 e. The Morgan fingerprint density at radius 1 is 1.31 bits per heavy atom. The lowest BCUT2D eigenvalue weighted by Gasteiger charge is -2.16. The second kappa shape index (κ2) is 8.65. The van der Waals surface area contributed by atoms with Crippen LogP contribution in [0.1, 0.15) is 6.23 Å². The third-order valence-electron chi connectivity index (χ3n) is 4.16. The van der Waals surface area contributed by atoms with Gasteiger partial charge in [-0.15, -0.1) is 0 Å². The van der Waals surface area contributed by atoms with Gasteiger partial charge in [0.25, 0.3) is 0 Å². The number of hydrogen-bond donors (Lipinski definition) is 5. The van der Waals surface area contributed by atoms with Gasteiger partial charge >= 0.3 is 12.1 Å². The van der Waals surface area contributed by atoms with Gasteiger partial charge in [0.05, 0.1) is 19.5 Å². The molecule has 0 aliphatic carbocycles. The van der Waals surface area contributed by atoms with E-state index in [9.17, 15) is 19.8 Å². The van der Waals surface area contributed by atoms with Gasteiger partial charge in [0.1, 0.15) is 31.2 Å². The van der Waals surface area contributed by atoms with E-state index in [0.29, 0.717) is 0 Å². The molecule has 5 N–H and O–H groups in total. The fraction of sp³-hybridized carbons (Fsp3) is 0.467. The molecule has 1 aliphatic heterocycles. The van der Waals surface area contributed by atoms with Crippen molar-refractivity contribution in [3.8, 4) is 6.07 Å².